The highest BCUT2D eigenvalue weighted by Gasteiger charge is 2.18. The van der Waals surface area contributed by atoms with Crippen molar-refractivity contribution in [2.45, 2.75) is 19.8 Å². The van der Waals surface area contributed by atoms with Crippen molar-refractivity contribution >= 4 is 37.6 Å². The van der Waals surface area contributed by atoms with Crippen molar-refractivity contribution in [1.29, 1.82) is 0 Å². The minimum absolute atomic E-state index is 0.216. The summed E-state index contributed by atoms with van der Waals surface area (Å²) in [6, 6.07) is 14.4. The van der Waals surface area contributed by atoms with Gasteiger partial charge in [-0.05, 0) is 31.0 Å². The normalized spacial score (nSPS) is 11.3. The lowest BCUT2D eigenvalue weighted by Crippen LogP contribution is -1.96. The van der Waals surface area contributed by atoms with Gasteiger partial charge in [-0.1, -0.05) is 30.3 Å². The molecule has 0 fully saturated rings. The fourth-order valence-corrected chi connectivity index (χ4v) is 4.17. The monoisotopic (exact) mass is 320 g/mol. The Bertz CT molecular complexity index is 998. The first-order chi connectivity index (χ1) is 11.2. The van der Waals surface area contributed by atoms with Crippen LogP contribution in [0.2, 0.25) is 0 Å². The maximum Gasteiger partial charge on any atom is 0.130 e. The number of fused-ring (bicyclic) bond motifs is 3. The van der Waals surface area contributed by atoms with Crippen LogP contribution < -0.4 is 0 Å². The van der Waals surface area contributed by atoms with E-state index in [0.717, 1.165) is 27.8 Å². The molecule has 3 aromatic heterocycles. The third kappa shape index (κ3) is 2.45. The van der Waals surface area contributed by atoms with E-state index in [1.807, 2.05) is 18.3 Å². The number of aryl methyl sites for hydroxylation is 1. The Morgan fingerprint density at radius 1 is 1.17 bits per heavy atom. The number of benzene rings is 1. The topological polar surface area (TPSA) is 45.8 Å². The maximum atomic E-state index is 11.4. The number of nitrogens with one attached hydrogen (secondary N) is 1. The molecule has 0 amide bonds. The summed E-state index contributed by atoms with van der Waals surface area (Å²) in [5, 5.41) is 1.15. The quantitative estimate of drug-likeness (QED) is 0.577. The van der Waals surface area contributed by atoms with Crippen molar-refractivity contribution in [3.63, 3.8) is 0 Å². The predicted octanol–water partition coefficient (Wildman–Crippen LogP) is 4.97. The molecule has 1 N–H and O–H groups in total. The van der Waals surface area contributed by atoms with Gasteiger partial charge in [0, 0.05) is 29.3 Å². The van der Waals surface area contributed by atoms with E-state index >= 15 is 0 Å². The van der Waals surface area contributed by atoms with E-state index in [1.54, 1.807) is 18.3 Å². The molecule has 4 aromatic rings. The van der Waals surface area contributed by atoms with Crippen LogP contribution in [0, 0.1) is 0 Å². The highest BCUT2D eigenvalue weighted by atomic mass is 32.1. The van der Waals surface area contributed by atoms with E-state index in [0.29, 0.717) is 6.42 Å². The third-order valence-electron chi connectivity index (χ3n) is 4.06. The molecule has 1 aromatic carbocycles. The smallest absolute Gasteiger partial charge is 0.130 e. The first kappa shape index (κ1) is 14.2. The lowest BCUT2D eigenvalue weighted by atomic mass is 10.0. The van der Waals surface area contributed by atoms with Crippen LogP contribution in [0.15, 0.2) is 48.7 Å². The number of rotatable bonds is 4. The van der Waals surface area contributed by atoms with Gasteiger partial charge in [0.2, 0.25) is 0 Å². The summed E-state index contributed by atoms with van der Waals surface area (Å²) < 4.78 is 1.23. The molecule has 114 valence electrons. The van der Waals surface area contributed by atoms with E-state index in [9.17, 15) is 4.79 Å². The van der Waals surface area contributed by atoms with E-state index in [1.165, 1.54) is 15.8 Å². The number of carbonyl (C=O) groups is 1. The molecule has 3 nitrogen and oxygen atoms in total. The van der Waals surface area contributed by atoms with Gasteiger partial charge >= 0.3 is 0 Å². The van der Waals surface area contributed by atoms with Gasteiger partial charge < -0.3 is 9.78 Å². The van der Waals surface area contributed by atoms with Crippen molar-refractivity contribution < 1.29 is 4.79 Å². The number of aromatic nitrogens is 2. The minimum Gasteiger partial charge on any atom is -0.357 e. The number of thiophene rings is 1. The van der Waals surface area contributed by atoms with E-state index in [2.05, 4.69) is 40.3 Å². The third-order valence-corrected chi connectivity index (χ3v) is 5.19. The van der Waals surface area contributed by atoms with Gasteiger partial charge in [0.1, 0.15) is 10.6 Å². The zero-order chi connectivity index (χ0) is 15.8. The molecule has 3 heterocycles. The Morgan fingerprint density at radius 3 is 2.78 bits per heavy atom. The first-order valence-corrected chi connectivity index (χ1v) is 8.48. The van der Waals surface area contributed by atoms with E-state index < -0.39 is 0 Å². The second-order valence-electron chi connectivity index (χ2n) is 5.71. The molecule has 4 rings (SSSR count). The van der Waals surface area contributed by atoms with E-state index in [-0.39, 0.29) is 5.78 Å². The number of ketones is 1. The molecule has 0 saturated heterocycles. The second-order valence-corrected chi connectivity index (χ2v) is 6.71. The van der Waals surface area contributed by atoms with Crippen LogP contribution in [0.3, 0.4) is 0 Å². The molecule has 0 unspecified atom stereocenters. The molecule has 4 heteroatoms. The van der Waals surface area contributed by atoms with Crippen molar-refractivity contribution in [2.75, 3.05) is 0 Å². The number of hydrogen-bond acceptors (Lipinski definition) is 3. The molecular formula is C19H16N2OS. The predicted molar refractivity (Wildman–Crippen MR) is 95.9 cm³/mol. The summed E-state index contributed by atoms with van der Waals surface area (Å²) in [7, 11) is 0. The van der Waals surface area contributed by atoms with Gasteiger partial charge in [-0.15, -0.1) is 11.3 Å². The number of nitrogens with zero attached hydrogens (tertiary/aromatic N) is 1. The second kappa shape index (κ2) is 5.63. The molecule has 0 bridgehead atoms. The van der Waals surface area contributed by atoms with Gasteiger partial charge in [-0.25, -0.2) is 4.98 Å². The molecular weight excluding hydrogens is 304 g/mol. The lowest BCUT2D eigenvalue weighted by Gasteiger charge is -2.04. The van der Waals surface area contributed by atoms with Crippen molar-refractivity contribution in [2.24, 2.45) is 0 Å². The van der Waals surface area contributed by atoms with Gasteiger partial charge in [-0.2, -0.15) is 0 Å². The number of aromatic amines is 1. The standard InChI is InChI=1S/C19H16N2OS/c1-12(22)9-10-15-16(13-6-3-2-4-7-13)18-17(21-15)14-8-5-11-20-19(14)23-18/h2-8,11,21H,9-10H2,1H3. The Morgan fingerprint density at radius 2 is 2.00 bits per heavy atom. The van der Waals surface area contributed by atoms with Crippen LogP contribution in [0.4, 0.5) is 0 Å². The Labute approximate surface area is 138 Å². The van der Waals surface area contributed by atoms with Crippen molar-refractivity contribution in [1.82, 2.24) is 9.97 Å². The van der Waals surface area contributed by atoms with Crippen molar-refractivity contribution in [3.05, 3.63) is 54.4 Å². The van der Waals surface area contributed by atoms with Crippen LogP contribution in [0.5, 0.6) is 0 Å². The lowest BCUT2D eigenvalue weighted by molar-refractivity contribution is -0.116. The van der Waals surface area contributed by atoms with E-state index in [4.69, 9.17) is 0 Å². The van der Waals surface area contributed by atoms with Crippen LogP contribution in [-0.4, -0.2) is 15.8 Å². The molecule has 0 atom stereocenters. The SMILES string of the molecule is CC(=O)CCc1[nH]c2c(sc3ncccc32)c1-c1ccccc1. The molecule has 0 aliphatic carbocycles. The van der Waals surface area contributed by atoms with Gasteiger partial charge in [-0.3, -0.25) is 0 Å². The summed E-state index contributed by atoms with van der Waals surface area (Å²) in [4.78, 5) is 20.5. The summed E-state index contributed by atoms with van der Waals surface area (Å²) >= 11 is 1.71. The molecule has 0 aliphatic heterocycles. The Hall–Kier alpha value is -2.46. The number of Topliss-reactive ketones (excluding diaryl/α,β-unsaturated/α-hetero) is 1. The van der Waals surface area contributed by atoms with Gasteiger partial charge in [0.25, 0.3) is 0 Å². The zero-order valence-electron chi connectivity index (χ0n) is 12.8. The van der Waals surface area contributed by atoms with Crippen LogP contribution >= 0.6 is 11.3 Å². The summed E-state index contributed by atoms with van der Waals surface area (Å²) in [5.41, 5.74) is 4.67. The summed E-state index contributed by atoms with van der Waals surface area (Å²) in [6.45, 7) is 1.65. The van der Waals surface area contributed by atoms with Gasteiger partial charge in [0.15, 0.2) is 0 Å². The first-order valence-electron chi connectivity index (χ1n) is 7.67. The van der Waals surface area contributed by atoms with Crippen molar-refractivity contribution in [3.8, 4) is 11.1 Å². The average Bonchev–Trinajstić information content (AvgIpc) is 3.09. The highest BCUT2D eigenvalue weighted by molar-refractivity contribution is 7.26. The number of pyridine rings is 1. The Balaban J connectivity index is 1.98. The van der Waals surface area contributed by atoms with Gasteiger partial charge in [0.05, 0.1) is 10.2 Å². The molecule has 23 heavy (non-hydrogen) atoms. The maximum absolute atomic E-state index is 11.4. The largest absolute Gasteiger partial charge is 0.357 e. The number of hydrogen-bond donors (Lipinski definition) is 1. The fraction of sp³-hybridized carbons (Fsp3) is 0.158. The number of carbonyl (C=O) groups excluding carboxylic acids is 1. The zero-order valence-corrected chi connectivity index (χ0v) is 13.6. The van der Waals surface area contributed by atoms with Crippen LogP contribution in [0.1, 0.15) is 19.0 Å². The number of H-pyrrole nitrogens is 1. The van der Waals surface area contributed by atoms with Crippen LogP contribution in [0.25, 0.3) is 31.6 Å². The van der Waals surface area contributed by atoms with Crippen LogP contribution in [-0.2, 0) is 11.2 Å². The molecule has 0 radical (unpaired) electrons. The fourth-order valence-electron chi connectivity index (χ4n) is 2.98. The summed E-state index contributed by atoms with van der Waals surface area (Å²) in [5.74, 6) is 0.216. The minimum atomic E-state index is 0.216. The molecule has 0 saturated carbocycles. The summed E-state index contributed by atoms with van der Waals surface area (Å²) in [6.07, 6.45) is 3.13. The molecule has 0 aliphatic rings. The highest BCUT2D eigenvalue weighted by Crippen LogP contribution is 2.41. The molecule has 0 spiro atoms. The Kier molecular flexibility index (Phi) is 3.46. The average molecular weight is 320 g/mol.